The molecule has 4 aromatic rings. The normalized spacial score (nSPS) is 11.1. The summed E-state index contributed by atoms with van der Waals surface area (Å²) < 4.78 is 21.9. The number of pyridine rings is 1. The second-order valence-corrected chi connectivity index (χ2v) is 7.54. The number of hydrogen-bond acceptors (Lipinski definition) is 7. The van der Waals surface area contributed by atoms with Crippen molar-refractivity contribution < 1.29 is 23.5 Å². The third kappa shape index (κ3) is 4.85. The van der Waals surface area contributed by atoms with Crippen LogP contribution in [-0.4, -0.2) is 30.3 Å². The largest absolute Gasteiger partial charge is 0.494 e. The average molecular weight is 460 g/mol. The first-order chi connectivity index (χ1) is 16.5. The number of fused-ring (bicyclic) bond motifs is 1. The molecule has 0 aliphatic rings. The molecule has 2 heterocycles. The second-order valence-electron chi connectivity index (χ2n) is 7.54. The molecule has 0 aliphatic heterocycles. The van der Waals surface area contributed by atoms with Crippen LogP contribution in [0.15, 0.2) is 59.3 Å². The molecule has 2 aromatic carbocycles. The zero-order valence-electron chi connectivity index (χ0n) is 19.4. The maximum atomic E-state index is 12.6. The van der Waals surface area contributed by atoms with Gasteiger partial charge in [-0.3, -0.25) is 9.78 Å². The number of carbonyl (C=O) groups excluding carboxylic acids is 1. The van der Waals surface area contributed by atoms with Gasteiger partial charge in [-0.15, -0.1) is 0 Å². The molecule has 0 saturated carbocycles. The smallest absolute Gasteiger partial charge is 0.248 e. The van der Waals surface area contributed by atoms with Crippen LogP contribution in [0.2, 0.25) is 0 Å². The topological polar surface area (TPSA) is 95.7 Å². The van der Waals surface area contributed by atoms with Gasteiger partial charge in [0, 0.05) is 17.7 Å². The maximum Gasteiger partial charge on any atom is 0.248 e. The van der Waals surface area contributed by atoms with E-state index in [4.69, 9.17) is 18.7 Å². The van der Waals surface area contributed by atoms with Gasteiger partial charge in [-0.05, 0) is 61.9 Å². The van der Waals surface area contributed by atoms with Crippen molar-refractivity contribution in [3.05, 3.63) is 77.3 Å². The summed E-state index contributed by atoms with van der Waals surface area (Å²) in [5.41, 5.74) is 3.83. The van der Waals surface area contributed by atoms with E-state index in [0.717, 1.165) is 28.0 Å². The molecule has 0 spiro atoms. The molecule has 0 fully saturated rings. The Balaban J connectivity index is 1.46. The highest BCUT2D eigenvalue weighted by atomic mass is 16.5. The molecule has 0 radical (unpaired) electrons. The van der Waals surface area contributed by atoms with Gasteiger partial charge in [0.2, 0.25) is 5.91 Å². The summed E-state index contributed by atoms with van der Waals surface area (Å²) in [6.07, 6.45) is 4.86. The molecule has 0 atom stereocenters. The van der Waals surface area contributed by atoms with E-state index in [1.165, 1.54) is 6.08 Å². The molecule has 174 valence electrons. The van der Waals surface area contributed by atoms with E-state index < -0.39 is 0 Å². The monoisotopic (exact) mass is 459 g/mol. The Bertz CT molecular complexity index is 1340. The Morgan fingerprint density at radius 1 is 1.06 bits per heavy atom. The number of rotatable bonds is 8. The molecule has 0 unspecified atom stereocenters. The van der Waals surface area contributed by atoms with Gasteiger partial charge < -0.3 is 24.1 Å². The van der Waals surface area contributed by atoms with Gasteiger partial charge in [-0.25, -0.2) is 0 Å². The number of nitrogens with zero attached hydrogens (tertiary/aromatic N) is 2. The van der Waals surface area contributed by atoms with Crippen molar-refractivity contribution in [1.29, 1.82) is 0 Å². The molecule has 1 N–H and O–H groups in total. The number of carbonyl (C=O) groups is 1. The van der Waals surface area contributed by atoms with Gasteiger partial charge in [0.05, 0.1) is 31.2 Å². The molecule has 2 aromatic heterocycles. The van der Waals surface area contributed by atoms with Gasteiger partial charge >= 0.3 is 0 Å². The Morgan fingerprint density at radius 2 is 1.85 bits per heavy atom. The number of amides is 1. The molecular weight excluding hydrogens is 434 g/mol. The fourth-order valence-corrected chi connectivity index (χ4v) is 3.53. The van der Waals surface area contributed by atoms with E-state index in [1.54, 1.807) is 50.8 Å². The van der Waals surface area contributed by atoms with E-state index in [9.17, 15) is 4.79 Å². The number of anilines is 1. The van der Waals surface area contributed by atoms with E-state index in [1.807, 2.05) is 32.0 Å². The predicted octanol–water partition coefficient (Wildman–Crippen LogP) is 5.09. The average Bonchev–Trinajstić information content (AvgIpc) is 3.18. The highest BCUT2D eigenvalue weighted by Gasteiger charge is 2.12. The summed E-state index contributed by atoms with van der Waals surface area (Å²) in [6, 6.07) is 12.7. The number of ether oxygens (including phenoxy) is 3. The van der Waals surface area contributed by atoms with Gasteiger partial charge in [0.1, 0.15) is 23.6 Å². The number of benzene rings is 2. The summed E-state index contributed by atoms with van der Waals surface area (Å²) >= 11 is 0. The van der Waals surface area contributed by atoms with Gasteiger partial charge in [0.25, 0.3) is 0 Å². The molecule has 0 saturated heterocycles. The quantitative estimate of drug-likeness (QED) is 0.367. The van der Waals surface area contributed by atoms with Crippen LogP contribution in [0.4, 0.5) is 5.69 Å². The Labute approximate surface area is 197 Å². The predicted molar refractivity (Wildman–Crippen MR) is 129 cm³/mol. The second kappa shape index (κ2) is 10.1. The van der Waals surface area contributed by atoms with Gasteiger partial charge in [0.15, 0.2) is 11.5 Å². The summed E-state index contributed by atoms with van der Waals surface area (Å²) in [7, 11) is 3.16. The van der Waals surface area contributed by atoms with Crippen molar-refractivity contribution in [2.45, 2.75) is 20.5 Å². The molecule has 0 aliphatic carbocycles. The zero-order chi connectivity index (χ0) is 24.1. The van der Waals surface area contributed by atoms with Gasteiger partial charge in [-0.1, -0.05) is 11.2 Å². The van der Waals surface area contributed by atoms with Crippen molar-refractivity contribution >= 4 is 28.6 Å². The van der Waals surface area contributed by atoms with Crippen LogP contribution in [0.5, 0.6) is 17.2 Å². The molecule has 34 heavy (non-hydrogen) atoms. The minimum atomic E-state index is -0.270. The lowest BCUT2D eigenvalue weighted by Gasteiger charge is -2.11. The summed E-state index contributed by atoms with van der Waals surface area (Å²) in [6.45, 7) is 4.04. The first-order valence-corrected chi connectivity index (χ1v) is 10.6. The summed E-state index contributed by atoms with van der Waals surface area (Å²) in [4.78, 5) is 16.9. The first kappa shape index (κ1) is 22.8. The molecule has 4 rings (SSSR count). The van der Waals surface area contributed by atoms with E-state index >= 15 is 0 Å². The van der Waals surface area contributed by atoms with Crippen LogP contribution in [0.3, 0.4) is 0 Å². The summed E-state index contributed by atoms with van der Waals surface area (Å²) in [5, 5.41) is 7.64. The highest BCUT2D eigenvalue weighted by molar-refractivity contribution is 6.07. The fourth-order valence-electron chi connectivity index (χ4n) is 3.53. The third-order valence-corrected chi connectivity index (χ3v) is 5.38. The van der Waals surface area contributed by atoms with Crippen LogP contribution in [0.25, 0.3) is 17.0 Å². The number of methoxy groups -OCH3 is 2. The number of aromatic nitrogens is 2. The lowest BCUT2D eigenvalue weighted by molar-refractivity contribution is -0.111. The van der Waals surface area contributed by atoms with Crippen LogP contribution in [0.1, 0.15) is 22.6 Å². The van der Waals surface area contributed by atoms with E-state index in [0.29, 0.717) is 35.1 Å². The fraction of sp³-hybridized carbons (Fsp3) is 0.192. The van der Waals surface area contributed by atoms with Crippen molar-refractivity contribution in [2.24, 2.45) is 0 Å². The Hall–Kier alpha value is -4.33. The van der Waals surface area contributed by atoms with Crippen LogP contribution >= 0.6 is 0 Å². The highest BCUT2D eigenvalue weighted by Crippen LogP contribution is 2.31. The Kier molecular flexibility index (Phi) is 6.77. The van der Waals surface area contributed by atoms with Crippen LogP contribution in [0, 0.1) is 13.8 Å². The molecule has 8 heteroatoms. The van der Waals surface area contributed by atoms with Crippen molar-refractivity contribution in [1.82, 2.24) is 10.1 Å². The zero-order valence-corrected chi connectivity index (χ0v) is 19.4. The van der Waals surface area contributed by atoms with Crippen LogP contribution in [-0.2, 0) is 11.4 Å². The molecule has 8 nitrogen and oxygen atoms in total. The number of aryl methyl sites for hydroxylation is 2. The first-order valence-electron chi connectivity index (χ1n) is 10.6. The SMILES string of the molecule is COc1cc(/C=C/C(=O)Nc2ccc(OC)c3ncccc23)ccc1OCc1c(C)noc1C. The number of nitrogens with one attached hydrogen (secondary N) is 1. The third-order valence-electron chi connectivity index (χ3n) is 5.38. The molecule has 0 bridgehead atoms. The molecular formula is C26H25N3O5. The lowest BCUT2D eigenvalue weighted by atomic mass is 10.1. The number of hydrogen-bond donors (Lipinski definition) is 1. The van der Waals surface area contributed by atoms with E-state index in [-0.39, 0.29) is 5.91 Å². The van der Waals surface area contributed by atoms with Crippen molar-refractivity contribution in [3.8, 4) is 17.2 Å². The lowest BCUT2D eigenvalue weighted by Crippen LogP contribution is -2.08. The Morgan fingerprint density at radius 3 is 2.59 bits per heavy atom. The van der Waals surface area contributed by atoms with Crippen molar-refractivity contribution in [2.75, 3.05) is 19.5 Å². The maximum absolute atomic E-state index is 12.6. The van der Waals surface area contributed by atoms with Crippen molar-refractivity contribution in [3.63, 3.8) is 0 Å². The summed E-state index contributed by atoms with van der Waals surface area (Å²) in [5.74, 6) is 2.24. The van der Waals surface area contributed by atoms with Gasteiger partial charge in [-0.2, -0.15) is 0 Å². The minimum absolute atomic E-state index is 0.270. The minimum Gasteiger partial charge on any atom is -0.494 e. The van der Waals surface area contributed by atoms with Crippen LogP contribution < -0.4 is 19.5 Å². The molecule has 1 amide bonds. The standard InChI is InChI=1S/C26H25N3O5/c1-16-20(17(2)34-29-16)15-33-22-10-7-18(14-24(22)32-4)8-12-25(30)28-21-9-11-23(31-3)26-19(21)6-5-13-27-26/h5-14H,15H2,1-4H3,(H,28,30)/b12-8+. The van der Waals surface area contributed by atoms with E-state index in [2.05, 4.69) is 15.5 Å².